The first kappa shape index (κ1) is 16.7. The maximum absolute atomic E-state index is 13.0. The quantitative estimate of drug-likeness (QED) is 0.681. The lowest BCUT2D eigenvalue weighted by Crippen LogP contribution is -2.09. The maximum Gasteiger partial charge on any atom is 0.337 e. The van der Waals surface area contributed by atoms with Crippen LogP contribution in [-0.2, 0) is 9.53 Å². The molecule has 0 spiro atoms. The molecule has 2 aromatic carbocycles. The minimum atomic E-state index is -0.535. The number of hydrogen-bond donors (Lipinski definition) is 1. The molecule has 0 heterocycles. The summed E-state index contributed by atoms with van der Waals surface area (Å²) in [6, 6.07) is 10.2. The van der Waals surface area contributed by atoms with Crippen LogP contribution < -0.4 is 5.32 Å². The maximum atomic E-state index is 13.0. The molecule has 4 nitrogen and oxygen atoms in total. The summed E-state index contributed by atoms with van der Waals surface area (Å²) >= 11 is 5.99. The van der Waals surface area contributed by atoms with Gasteiger partial charge in [0.15, 0.2) is 0 Å². The van der Waals surface area contributed by atoms with E-state index in [1.165, 1.54) is 49.6 Å². The first-order valence-electron chi connectivity index (χ1n) is 6.62. The van der Waals surface area contributed by atoms with Gasteiger partial charge >= 0.3 is 5.97 Å². The first-order chi connectivity index (χ1) is 11.0. The molecule has 0 aromatic heterocycles. The number of anilines is 1. The molecular weight excluding hydrogens is 321 g/mol. The Balaban J connectivity index is 2.12. The van der Waals surface area contributed by atoms with Crippen molar-refractivity contribution in [3.63, 3.8) is 0 Å². The van der Waals surface area contributed by atoms with Gasteiger partial charge in [0.2, 0.25) is 5.91 Å². The molecule has 2 aromatic rings. The molecule has 0 saturated carbocycles. The Hall–Kier alpha value is -2.66. The molecule has 1 N–H and O–H groups in total. The predicted molar refractivity (Wildman–Crippen MR) is 86.9 cm³/mol. The fourth-order valence-electron chi connectivity index (χ4n) is 1.82. The number of hydrogen-bond acceptors (Lipinski definition) is 3. The number of amides is 1. The van der Waals surface area contributed by atoms with Gasteiger partial charge in [0.25, 0.3) is 0 Å². The van der Waals surface area contributed by atoms with Crippen molar-refractivity contribution in [1.29, 1.82) is 0 Å². The van der Waals surface area contributed by atoms with Crippen LogP contribution in [0.3, 0.4) is 0 Å². The largest absolute Gasteiger partial charge is 0.465 e. The number of benzene rings is 2. The van der Waals surface area contributed by atoms with Gasteiger partial charge in [-0.1, -0.05) is 23.7 Å². The molecule has 0 aliphatic heterocycles. The minimum absolute atomic E-state index is 0.265. The fraction of sp³-hybridized carbons (Fsp3) is 0.0588. The standard InChI is InChI=1S/C17H13ClFNO3/c1-23-17(22)12-6-7-14(18)15(10-12)20-16(21)8-5-11-3-2-4-13(19)9-11/h2-10H,1H3,(H,20,21)/b8-5+. The van der Waals surface area contributed by atoms with Crippen LogP contribution in [0.25, 0.3) is 6.08 Å². The van der Waals surface area contributed by atoms with Crippen molar-refractivity contribution in [2.45, 2.75) is 0 Å². The van der Waals surface area contributed by atoms with E-state index in [1.54, 1.807) is 12.1 Å². The van der Waals surface area contributed by atoms with E-state index in [2.05, 4.69) is 10.1 Å². The molecule has 0 radical (unpaired) electrons. The van der Waals surface area contributed by atoms with Gasteiger partial charge < -0.3 is 10.1 Å². The normalized spacial score (nSPS) is 10.6. The van der Waals surface area contributed by atoms with Crippen LogP contribution in [0, 0.1) is 5.82 Å². The zero-order chi connectivity index (χ0) is 16.8. The van der Waals surface area contributed by atoms with Crippen LogP contribution in [0.4, 0.5) is 10.1 Å². The van der Waals surface area contributed by atoms with Crippen LogP contribution in [0.1, 0.15) is 15.9 Å². The monoisotopic (exact) mass is 333 g/mol. The number of carbonyl (C=O) groups is 2. The van der Waals surface area contributed by atoms with Crippen molar-refractivity contribution in [2.75, 3.05) is 12.4 Å². The molecule has 0 bridgehead atoms. The van der Waals surface area contributed by atoms with Gasteiger partial charge in [-0.3, -0.25) is 4.79 Å². The Kier molecular flexibility index (Phi) is 5.49. The molecular formula is C17H13ClFNO3. The van der Waals surface area contributed by atoms with Crippen molar-refractivity contribution < 1.29 is 18.7 Å². The van der Waals surface area contributed by atoms with Gasteiger partial charge in [-0.2, -0.15) is 0 Å². The lowest BCUT2D eigenvalue weighted by atomic mass is 10.2. The predicted octanol–water partition coefficient (Wildman–Crippen LogP) is 3.92. The number of methoxy groups -OCH3 is 1. The third-order valence-corrected chi connectivity index (χ3v) is 3.25. The third-order valence-electron chi connectivity index (χ3n) is 2.92. The van der Waals surface area contributed by atoms with E-state index < -0.39 is 11.9 Å². The van der Waals surface area contributed by atoms with Crippen molar-refractivity contribution in [3.8, 4) is 0 Å². The summed E-state index contributed by atoms with van der Waals surface area (Å²) in [5.74, 6) is -1.38. The van der Waals surface area contributed by atoms with E-state index in [9.17, 15) is 14.0 Å². The highest BCUT2D eigenvalue weighted by Gasteiger charge is 2.10. The van der Waals surface area contributed by atoms with Crippen molar-refractivity contribution in [1.82, 2.24) is 0 Å². The summed E-state index contributed by atoms with van der Waals surface area (Å²) in [5, 5.41) is 2.84. The number of nitrogens with one attached hydrogen (secondary N) is 1. The average Bonchev–Trinajstić information content (AvgIpc) is 2.54. The van der Waals surface area contributed by atoms with Crippen molar-refractivity contribution >= 4 is 35.2 Å². The zero-order valence-electron chi connectivity index (χ0n) is 12.2. The number of esters is 1. The highest BCUT2D eigenvalue weighted by Crippen LogP contribution is 2.23. The molecule has 0 aliphatic carbocycles. The van der Waals surface area contributed by atoms with E-state index in [-0.39, 0.29) is 22.1 Å². The van der Waals surface area contributed by atoms with E-state index in [0.29, 0.717) is 5.56 Å². The SMILES string of the molecule is COC(=O)c1ccc(Cl)c(NC(=O)/C=C/c2cccc(F)c2)c1. The van der Waals surface area contributed by atoms with Crippen molar-refractivity contribution in [3.05, 3.63) is 70.5 Å². The molecule has 118 valence electrons. The Labute approximate surface area is 137 Å². The van der Waals surface area contributed by atoms with E-state index in [1.807, 2.05) is 0 Å². The van der Waals surface area contributed by atoms with Crippen LogP contribution >= 0.6 is 11.6 Å². The third kappa shape index (κ3) is 4.66. The van der Waals surface area contributed by atoms with Crippen molar-refractivity contribution in [2.24, 2.45) is 0 Å². The summed E-state index contributed by atoms with van der Waals surface area (Å²) < 4.78 is 17.7. The van der Waals surface area contributed by atoms with Gasteiger partial charge in [0, 0.05) is 6.08 Å². The molecule has 2 rings (SSSR count). The second kappa shape index (κ2) is 7.56. The summed E-state index contributed by atoms with van der Waals surface area (Å²) in [6.07, 6.45) is 2.71. The topological polar surface area (TPSA) is 55.4 Å². The van der Waals surface area contributed by atoms with Gasteiger partial charge in [-0.15, -0.1) is 0 Å². The zero-order valence-corrected chi connectivity index (χ0v) is 12.9. The Morgan fingerprint density at radius 3 is 2.70 bits per heavy atom. The fourth-order valence-corrected chi connectivity index (χ4v) is 1.99. The van der Waals surface area contributed by atoms with Gasteiger partial charge in [-0.05, 0) is 42.0 Å². The first-order valence-corrected chi connectivity index (χ1v) is 7.00. The highest BCUT2D eigenvalue weighted by atomic mass is 35.5. The van der Waals surface area contributed by atoms with Crippen LogP contribution in [0.5, 0.6) is 0 Å². The number of halogens is 2. The highest BCUT2D eigenvalue weighted by molar-refractivity contribution is 6.34. The Morgan fingerprint density at radius 2 is 2.00 bits per heavy atom. The molecule has 0 fully saturated rings. The Morgan fingerprint density at radius 1 is 1.22 bits per heavy atom. The van der Waals surface area contributed by atoms with Gasteiger partial charge in [0.1, 0.15) is 5.82 Å². The molecule has 6 heteroatoms. The van der Waals surface area contributed by atoms with Gasteiger partial charge in [-0.25, -0.2) is 9.18 Å². The number of ether oxygens (including phenoxy) is 1. The lowest BCUT2D eigenvalue weighted by molar-refractivity contribution is -0.111. The smallest absolute Gasteiger partial charge is 0.337 e. The molecule has 1 amide bonds. The number of carbonyl (C=O) groups excluding carboxylic acids is 2. The van der Waals surface area contributed by atoms with Crippen LogP contribution in [-0.4, -0.2) is 19.0 Å². The molecule has 0 atom stereocenters. The summed E-state index contributed by atoms with van der Waals surface area (Å²) in [6.45, 7) is 0. The molecule has 0 unspecified atom stereocenters. The molecule has 23 heavy (non-hydrogen) atoms. The second-order valence-corrected chi connectivity index (χ2v) is 4.97. The summed E-state index contributed by atoms with van der Waals surface area (Å²) in [4.78, 5) is 23.4. The lowest BCUT2D eigenvalue weighted by Gasteiger charge is -2.07. The second-order valence-electron chi connectivity index (χ2n) is 4.56. The van der Waals surface area contributed by atoms with Crippen LogP contribution in [0.15, 0.2) is 48.5 Å². The average molecular weight is 334 g/mol. The molecule has 0 aliphatic rings. The number of rotatable bonds is 4. The Bertz CT molecular complexity index is 774. The van der Waals surface area contributed by atoms with Gasteiger partial charge in [0.05, 0.1) is 23.4 Å². The summed E-state index contributed by atoms with van der Waals surface area (Å²) in [7, 11) is 1.26. The van der Waals surface area contributed by atoms with E-state index >= 15 is 0 Å². The van der Waals surface area contributed by atoms with E-state index in [4.69, 9.17) is 11.6 Å². The van der Waals surface area contributed by atoms with Crippen LogP contribution in [0.2, 0.25) is 5.02 Å². The van der Waals surface area contributed by atoms with E-state index in [0.717, 1.165) is 0 Å². The summed E-state index contributed by atoms with van der Waals surface area (Å²) in [5.41, 5.74) is 1.10. The molecule has 0 saturated heterocycles. The minimum Gasteiger partial charge on any atom is -0.465 e.